The van der Waals surface area contributed by atoms with Crippen molar-refractivity contribution < 1.29 is 14.0 Å². The standard InChI is InChI=1S/C12H12FN3O2S/c1-14-12-16-10(17)6-9(19-12)11(18)15-8-4-2-7(13)3-5-8/h2-5,9H,6H2,1H3,(H,15,18)(H,14,16,17)/t9-/m0/s1. The molecule has 7 heteroatoms. The number of nitrogens with zero attached hydrogens (tertiary/aromatic N) is 1. The summed E-state index contributed by atoms with van der Waals surface area (Å²) in [5, 5.41) is 5.11. The van der Waals surface area contributed by atoms with Gasteiger partial charge in [0.2, 0.25) is 11.8 Å². The Morgan fingerprint density at radius 1 is 1.47 bits per heavy atom. The smallest absolute Gasteiger partial charge is 0.238 e. The first kappa shape index (κ1) is 13.5. The number of thioether (sulfide) groups is 1. The second-order valence-corrected chi connectivity index (χ2v) is 5.08. The lowest BCUT2D eigenvalue weighted by atomic mass is 10.2. The summed E-state index contributed by atoms with van der Waals surface area (Å²) in [6, 6.07) is 5.45. The molecule has 1 fully saturated rings. The van der Waals surface area contributed by atoms with Crippen LogP contribution in [0, 0.1) is 5.82 Å². The van der Waals surface area contributed by atoms with E-state index < -0.39 is 5.25 Å². The molecule has 1 aromatic carbocycles. The summed E-state index contributed by atoms with van der Waals surface area (Å²) in [5.41, 5.74) is 0.493. The fourth-order valence-electron chi connectivity index (χ4n) is 1.56. The van der Waals surface area contributed by atoms with Crippen LogP contribution in [-0.4, -0.2) is 29.3 Å². The number of amidine groups is 1. The first-order valence-corrected chi connectivity index (χ1v) is 6.46. The van der Waals surface area contributed by atoms with Crippen molar-refractivity contribution in [3.63, 3.8) is 0 Å². The van der Waals surface area contributed by atoms with Gasteiger partial charge in [-0.2, -0.15) is 0 Å². The van der Waals surface area contributed by atoms with Crippen LogP contribution in [0.2, 0.25) is 0 Å². The van der Waals surface area contributed by atoms with Crippen LogP contribution in [0.3, 0.4) is 0 Å². The van der Waals surface area contributed by atoms with E-state index in [2.05, 4.69) is 15.6 Å². The topological polar surface area (TPSA) is 70.6 Å². The van der Waals surface area contributed by atoms with Crippen LogP contribution in [0.4, 0.5) is 10.1 Å². The third-order valence-electron chi connectivity index (χ3n) is 2.48. The molecule has 0 bridgehead atoms. The van der Waals surface area contributed by atoms with Crippen LogP contribution in [0.25, 0.3) is 0 Å². The molecule has 0 radical (unpaired) electrons. The summed E-state index contributed by atoms with van der Waals surface area (Å²) in [6.45, 7) is 0. The highest BCUT2D eigenvalue weighted by atomic mass is 32.2. The van der Waals surface area contributed by atoms with E-state index in [1.165, 1.54) is 36.0 Å². The summed E-state index contributed by atoms with van der Waals surface area (Å²) in [7, 11) is 1.54. The molecule has 1 saturated heterocycles. The lowest BCUT2D eigenvalue weighted by molar-refractivity contribution is -0.123. The van der Waals surface area contributed by atoms with Crippen molar-refractivity contribution in [1.82, 2.24) is 5.32 Å². The molecule has 2 amide bonds. The quantitative estimate of drug-likeness (QED) is 0.860. The SMILES string of the molecule is CN=C1NC(=O)C[C@@H](C(=O)Nc2ccc(F)cc2)S1. The van der Waals surface area contributed by atoms with Gasteiger partial charge in [-0.1, -0.05) is 11.8 Å². The Labute approximate surface area is 113 Å². The van der Waals surface area contributed by atoms with E-state index in [4.69, 9.17) is 0 Å². The van der Waals surface area contributed by atoms with Gasteiger partial charge in [-0.15, -0.1) is 0 Å². The molecule has 1 aromatic rings. The van der Waals surface area contributed by atoms with Crippen molar-refractivity contribution >= 4 is 34.4 Å². The molecule has 0 aromatic heterocycles. The minimum absolute atomic E-state index is 0.0940. The molecular formula is C12H12FN3O2S. The summed E-state index contributed by atoms with van der Waals surface area (Å²) < 4.78 is 12.7. The Balaban J connectivity index is 2.03. The highest BCUT2D eigenvalue weighted by Crippen LogP contribution is 2.22. The minimum Gasteiger partial charge on any atom is -0.325 e. The number of amides is 2. The number of halogens is 1. The number of rotatable bonds is 2. The van der Waals surface area contributed by atoms with Crippen LogP contribution in [0.5, 0.6) is 0 Å². The summed E-state index contributed by atoms with van der Waals surface area (Å²) >= 11 is 1.20. The lowest BCUT2D eigenvalue weighted by Gasteiger charge is -2.21. The highest BCUT2D eigenvalue weighted by molar-refractivity contribution is 8.15. The molecule has 2 rings (SSSR count). The Bertz CT molecular complexity index is 530. The maximum atomic E-state index is 12.7. The fraction of sp³-hybridized carbons (Fsp3) is 0.250. The number of carbonyl (C=O) groups excluding carboxylic acids is 2. The molecule has 0 spiro atoms. The normalized spacial score (nSPS) is 21.1. The molecule has 1 aliphatic rings. The number of carbonyl (C=O) groups is 2. The van der Waals surface area contributed by atoms with Crippen LogP contribution < -0.4 is 10.6 Å². The summed E-state index contributed by atoms with van der Waals surface area (Å²) in [6.07, 6.45) is 0.0940. The predicted octanol–water partition coefficient (Wildman–Crippen LogP) is 1.37. The molecule has 0 aliphatic carbocycles. The van der Waals surface area contributed by atoms with Crippen LogP contribution in [0.1, 0.15) is 6.42 Å². The number of benzene rings is 1. The number of hydrogen-bond donors (Lipinski definition) is 2. The first-order valence-electron chi connectivity index (χ1n) is 5.58. The Hall–Kier alpha value is -1.89. The summed E-state index contributed by atoms with van der Waals surface area (Å²) in [4.78, 5) is 27.3. The molecule has 0 unspecified atom stereocenters. The molecule has 1 heterocycles. The maximum absolute atomic E-state index is 12.7. The average Bonchev–Trinajstić information content (AvgIpc) is 2.40. The third kappa shape index (κ3) is 3.54. The van der Waals surface area contributed by atoms with Gasteiger partial charge in [-0.05, 0) is 24.3 Å². The molecular weight excluding hydrogens is 269 g/mol. The molecule has 19 heavy (non-hydrogen) atoms. The second-order valence-electron chi connectivity index (χ2n) is 3.88. The highest BCUT2D eigenvalue weighted by Gasteiger charge is 2.29. The summed E-state index contributed by atoms with van der Waals surface area (Å²) in [5.74, 6) is -0.906. The van der Waals surface area contributed by atoms with Crippen LogP contribution in [0.15, 0.2) is 29.3 Å². The van der Waals surface area contributed by atoms with E-state index in [1.807, 2.05) is 0 Å². The van der Waals surface area contributed by atoms with E-state index >= 15 is 0 Å². The number of hydrogen-bond acceptors (Lipinski definition) is 4. The van der Waals surface area contributed by atoms with Gasteiger partial charge >= 0.3 is 0 Å². The Morgan fingerprint density at radius 2 is 2.16 bits per heavy atom. The second kappa shape index (κ2) is 5.83. The van der Waals surface area contributed by atoms with Crippen molar-refractivity contribution in [2.24, 2.45) is 4.99 Å². The maximum Gasteiger partial charge on any atom is 0.238 e. The van der Waals surface area contributed by atoms with Gasteiger partial charge in [0.15, 0.2) is 5.17 Å². The van der Waals surface area contributed by atoms with E-state index in [9.17, 15) is 14.0 Å². The molecule has 1 atom stereocenters. The van der Waals surface area contributed by atoms with Crippen molar-refractivity contribution in [3.05, 3.63) is 30.1 Å². The van der Waals surface area contributed by atoms with E-state index in [0.717, 1.165) is 0 Å². The molecule has 5 nitrogen and oxygen atoms in total. The lowest BCUT2D eigenvalue weighted by Crippen LogP contribution is -2.41. The number of aliphatic imine (C=N–C) groups is 1. The average molecular weight is 281 g/mol. The zero-order chi connectivity index (χ0) is 13.8. The zero-order valence-electron chi connectivity index (χ0n) is 10.1. The minimum atomic E-state index is -0.530. The first-order chi connectivity index (χ1) is 9.08. The zero-order valence-corrected chi connectivity index (χ0v) is 11.0. The van der Waals surface area contributed by atoms with E-state index in [-0.39, 0.29) is 24.1 Å². The van der Waals surface area contributed by atoms with Crippen molar-refractivity contribution in [3.8, 4) is 0 Å². The molecule has 100 valence electrons. The van der Waals surface area contributed by atoms with Gasteiger partial charge < -0.3 is 10.6 Å². The van der Waals surface area contributed by atoms with Gasteiger partial charge in [0.25, 0.3) is 0 Å². The molecule has 1 aliphatic heterocycles. The largest absolute Gasteiger partial charge is 0.325 e. The van der Waals surface area contributed by atoms with Crippen LogP contribution >= 0.6 is 11.8 Å². The molecule has 0 saturated carbocycles. The van der Waals surface area contributed by atoms with Crippen molar-refractivity contribution in [1.29, 1.82) is 0 Å². The van der Waals surface area contributed by atoms with Gasteiger partial charge in [-0.25, -0.2) is 4.39 Å². The fourth-order valence-corrected chi connectivity index (χ4v) is 2.50. The third-order valence-corrected chi connectivity index (χ3v) is 3.65. The molecule has 2 N–H and O–H groups in total. The van der Waals surface area contributed by atoms with Crippen molar-refractivity contribution in [2.75, 3.05) is 12.4 Å². The Morgan fingerprint density at radius 3 is 2.79 bits per heavy atom. The van der Waals surface area contributed by atoms with Crippen molar-refractivity contribution in [2.45, 2.75) is 11.7 Å². The van der Waals surface area contributed by atoms with Crippen LogP contribution in [-0.2, 0) is 9.59 Å². The van der Waals surface area contributed by atoms with Gasteiger partial charge in [0.05, 0.1) is 0 Å². The number of nitrogens with one attached hydrogen (secondary N) is 2. The van der Waals surface area contributed by atoms with E-state index in [1.54, 1.807) is 7.05 Å². The van der Waals surface area contributed by atoms with Gasteiger partial charge in [0, 0.05) is 19.2 Å². The predicted molar refractivity (Wildman–Crippen MR) is 72.5 cm³/mol. The number of anilines is 1. The Kier molecular flexibility index (Phi) is 4.16. The van der Waals surface area contributed by atoms with Gasteiger partial charge in [0.1, 0.15) is 11.1 Å². The van der Waals surface area contributed by atoms with Gasteiger partial charge in [-0.3, -0.25) is 14.6 Å². The van der Waals surface area contributed by atoms with E-state index in [0.29, 0.717) is 10.9 Å². The monoisotopic (exact) mass is 281 g/mol.